The SMILES string of the molecule is C[C@H]1O[C@@H](OC[C@@H]2O[C@@H](O)[C@@H](O)[C@@H](O)[C@@H]2O)[C@@H](O)[C@H](O)[C@H]1Oc1c(-c2ccc(O)cc2)oc2cc(O)c(OC[C@H]3O[C@H](O)[C@@H](O)[C@H](O)[C@H]3O)c(O)c2c1=O. The Hall–Kier alpha value is -3.91. The van der Waals surface area contributed by atoms with E-state index in [1.165, 1.54) is 31.2 Å². The molecule has 3 fully saturated rings. The van der Waals surface area contributed by atoms with E-state index in [-0.39, 0.29) is 17.1 Å². The fourth-order valence-corrected chi connectivity index (χ4v) is 6.27. The lowest BCUT2D eigenvalue weighted by molar-refractivity contribution is -0.320. The molecule has 0 aliphatic carbocycles. The fourth-order valence-electron chi connectivity index (χ4n) is 6.27. The number of rotatable bonds is 9. The minimum absolute atomic E-state index is 0.130. The standard InChI is InChI=1S/C33H40O21/c1-9-27(23(42)26(45)33(50-9)49-8-15-18(37)22(41)25(44)32(47)53-15)54-30-20(39)16-13(51-28(30)10-2-4-11(34)5-3-10)6-12(35)29(19(16)38)48-7-14-17(36)21(40)24(43)31(46)52-14/h2-6,9,14-15,17-18,21-27,31-38,40-47H,7-8H2,1H3/t9-,14-,15+,17+,18-,21-,22+,23+,24+,25+,26+,27+,31+,32-,33-/m1/s1. The Bertz CT molecular complexity index is 1840. The van der Waals surface area contributed by atoms with Crippen LogP contribution in [0.15, 0.2) is 39.5 Å². The van der Waals surface area contributed by atoms with Crippen LogP contribution in [-0.2, 0) is 18.9 Å². The third kappa shape index (κ3) is 7.39. The van der Waals surface area contributed by atoms with Crippen molar-refractivity contribution in [1.82, 2.24) is 0 Å². The molecule has 0 amide bonds. The maximum absolute atomic E-state index is 14.2. The molecular formula is C33H40O21. The van der Waals surface area contributed by atoms with Crippen LogP contribution in [-0.4, -0.2) is 172 Å². The first-order valence-electron chi connectivity index (χ1n) is 16.5. The van der Waals surface area contributed by atoms with Gasteiger partial charge in [0.1, 0.15) is 84.4 Å². The highest BCUT2D eigenvalue weighted by atomic mass is 16.7. The summed E-state index contributed by atoms with van der Waals surface area (Å²) >= 11 is 0. The number of aromatic hydroxyl groups is 3. The van der Waals surface area contributed by atoms with Gasteiger partial charge in [0.25, 0.3) is 0 Å². The number of phenols is 3. The van der Waals surface area contributed by atoms with E-state index in [0.29, 0.717) is 0 Å². The molecule has 0 spiro atoms. The lowest BCUT2D eigenvalue weighted by Crippen LogP contribution is -2.61. The number of aliphatic hydroxyl groups is 10. The van der Waals surface area contributed by atoms with Crippen molar-refractivity contribution >= 4 is 11.0 Å². The van der Waals surface area contributed by atoms with Crippen molar-refractivity contribution in [2.45, 2.75) is 99.0 Å². The molecule has 3 saturated heterocycles. The molecule has 6 rings (SSSR count). The molecule has 13 N–H and O–H groups in total. The molecule has 0 saturated carbocycles. The summed E-state index contributed by atoms with van der Waals surface area (Å²) in [6.45, 7) is 0.0540. The van der Waals surface area contributed by atoms with E-state index in [4.69, 9.17) is 32.8 Å². The van der Waals surface area contributed by atoms with Gasteiger partial charge in [-0.15, -0.1) is 0 Å². The zero-order valence-corrected chi connectivity index (χ0v) is 28.0. The van der Waals surface area contributed by atoms with Gasteiger partial charge in [-0.1, -0.05) is 0 Å². The predicted octanol–water partition coefficient (Wildman–Crippen LogP) is -4.21. The summed E-state index contributed by atoms with van der Waals surface area (Å²) in [5, 5.41) is 133. The van der Waals surface area contributed by atoms with E-state index in [1.807, 2.05) is 0 Å². The number of aliphatic hydroxyl groups excluding tert-OH is 10. The van der Waals surface area contributed by atoms with Crippen molar-refractivity contribution in [3.63, 3.8) is 0 Å². The minimum Gasteiger partial charge on any atom is -0.508 e. The summed E-state index contributed by atoms with van der Waals surface area (Å²) < 4.78 is 38.6. The molecule has 1 aromatic heterocycles. The molecule has 0 bridgehead atoms. The zero-order valence-electron chi connectivity index (χ0n) is 28.0. The number of hydrogen-bond donors (Lipinski definition) is 13. The molecule has 3 aliphatic heterocycles. The predicted molar refractivity (Wildman–Crippen MR) is 173 cm³/mol. The molecule has 3 aromatic rings. The van der Waals surface area contributed by atoms with Crippen molar-refractivity contribution in [1.29, 1.82) is 0 Å². The molecule has 298 valence electrons. The topological polar surface area (TPSA) is 349 Å². The second-order valence-electron chi connectivity index (χ2n) is 13.1. The molecule has 4 heterocycles. The molecule has 21 heteroatoms. The summed E-state index contributed by atoms with van der Waals surface area (Å²) in [7, 11) is 0. The third-order valence-corrected chi connectivity index (χ3v) is 9.40. The van der Waals surface area contributed by atoms with Gasteiger partial charge in [0.2, 0.25) is 16.9 Å². The van der Waals surface area contributed by atoms with E-state index in [2.05, 4.69) is 0 Å². The molecule has 15 atom stereocenters. The third-order valence-electron chi connectivity index (χ3n) is 9.40. The Morgan fingerprint density at radius 1 is 0.667 bits per heavy atom. The van der Waals surface area contributed by atoms with Crippen molar-refractivity contribution in [3.05, 3.63) is 40.6 Å². The first kappa shape index (κ1) is 39.8. The molecule has 21 nitrogen and oxygen atoms in total. The Morgan fingerprint density at radius 3 is 1.83 bits per heavy atom. The fraction of sp³-hybridized carbons (Fsp3) is 0.545. The zero-order chi connectivity index (χ0) is 39.3. The van der Waals surface area contributed by atoms with E-state index < -0.39 is 145 Å². The number of hydrogen-bond acceptors (Lipinski definition) is 21. The summed E-state index contributed by atoms with van der Waals surface area (Å²) in [5.41, 5.74) is -1.37. The maximum Gasteiger partial charge on any atom is 0.239 e. The quantitative estimate of drug-likeness (QED) is 0.0980. The van der Waals surface area contributed by atoms with Gasteiger partial charge < -0.3 is 99.2 Å². The lowest BCUT2D eigenvalue weighted by Gasteiger charge is -2.42. The van der Waals surface area contributed by atoms with Crippen molar-refractivity contribution in [2.24, 2.45) is 0 Å². The van der Waals surface area contributed by atoms with Crippen LogP contribution in [0.5, 0.6) is 28.7 Å². The van der Waals surface area contributed by atoms with Crippen molar-refractivity contribution in [2.75, 3.05) is 13.2 Å². The second kappa shape index (κ2) is 15.7. The van der Waals surface area contributed by atoms with Crippen LogP contribution in [0.1, 0.15) is 6.92 Å². The van der Waals surface area contributed by atoms with Crippen LogP contribution in [0.3, 0.4) is 0 Å². The van der Waals surface area contributed by atoms with Gasteiger partial charge >= 0.3 is 0 Å². The highest BCUT2D eigenvalue weighted by Crippen LogP contribution is 2.44. The number of fused-ring (bicyclic) bond motifs is 1. The average molecular weight is 773 g/mol. The van der Waals surface area contributed by atoms with Crippen LogP contribution < -0.4 is 14.9 Å². The highest BCUT2D eigenvalue weighted by molar-refractivity contribution is 5.91. The Balaban J connectivity index is 1.29. The Labute approximate surface area is 303 Å². The largest absolute Gasteiger partial charge is 0.508 e. The van der Waals surface area contributed by atoms with Gasteiger partial charge in [-0.2, -0.15) is 0 Å². The van der Waals surface area contributed by atoms with E-state index in [1.54, 1.807) is 0 Å². The van der Waals surface area contributed by atoms with Crippen molar-refractivity contribution < 1.29 is 99.2 Å². The normalized spacial score (nSPS) is 37.3. The highest BCUT2D eigenvalue weighted by Gasteiger charge is 2.48. The Kier molecular flexibility index (Phi) is 11.5. The first-order chi connectivity index (χ1) is 25.5. The smallest absolute Gasteiger partial charge is 0.239 e. The van der Waals surface area contributed by atoms with Gasteiger partial charge in [-0.3, -0.25) is 4.79 Å². The van der Waals surface area contributed by atoms with Gasteiger partial charge in [0.05, 0.1) is 12.7 Å². The molecule has 0 unspecified atom stereocenters. The number of ether oxygens (including phenoxy) is 6. The summed E-state index contributed by atoms with van der Waals surface area (Å²) in [6, 6.07) is 6.08. The van der Waals surface area contributed by atoms with Gasteiger partial charge in [0.15, 0.2) is 42.2 Å². The van der Waals surface area contributed by atoms with E-state index in [9.17, 15) is 71.2 Å². The summed E-state index contributed by atoms with van der Waals surface area (Å²) in [4.78, 5) is 14.2. The summed E-state index contributed by atoms with van der Waals surface area (Å²) in [5.74, 6) is -3.63. The van der Waals surface area contributed by atoms with Gasteiger partial charge in [0, 0.05) is 11.6 Å². The van der Waals surface area contributed by atoms with Crippen LogP contribution in [0.4, 0.5) is 0 Å². The number of benzene rings is 2. The van der Waals surface area contributed by atoms with Crippen LogP contribution in [0.2, 0.25) is 0 Å². The molecule has 3 aliphatic rings. The van der Waals surface area contributed by atoms with Gasteiger partial charge in [-0.25, -0.2) is 0 Å². The lowest BCUT2D eigenvalue weighted by atomic mass is 9.98. The summed E-state index contributed by atoms with van der Waals surface area (Å²) in [6.07, 6.45) is -25.5. The Morgan fingerprint density at radius 2 is 1.24 bits per heavy atom. The maximum atomic E-state index is 14.2. The van der Waals surface area contributed by atoms with E-state index >= 15 is 0 Å². The van der Waals surface area contributed by atoms with Crippen molar-refractivity contribution in [3.8, 4) is 40.1 Å². The van der Waals surface area contributed by atoms with Crippen LogP contribution in [0, 0.1) is 0 Å². The van der Waals surface area contributed by atoms with Crippen LogP contribution in [0.25, 0.3) is 22.3 Å². The second-order valence-corrected chi connectivity index (χ2v) is 13.1. The average Bonchev–Trinajstić information content (AvgIpc) is 3.13. The van der Waals surface area contributed by atoms with E-state index in [0.717, 1.165) is 6.07 Å². The van der Waals surface area contributed by atoms with Gasteiger partial charge in [-0.05, 0) is 31.2 Å². The molecular weight excluding hydrogens is 732 g/mol. The molecule has 2 aromatic carbocycles. The first-order valence-corrected chi connectivity index (χ1v) is 16.5. The monoisotopic (exact) mass is 772 g/mol. The molecule has 0 radical (unpaired) electrons. The molecule has 54 heavy (non-hydrogen) atoms. The van der Waals surface area contributed by atoms with Crippen LogP contribution >= 0.6 is 0 Å². The minimum atomic E-state index is -1.92. The number of phenolic OH excluding ortho intramolecular Hbond substituents is 3.